The van der Waals surface area contributed by atoms with Crippen LogP contribution in [0, 0.1) is 0 Å². The van der Waals surface area contributed by atoms with Gasteiger partial charge in [-0.05, 0) is 41.5 Å². The van der Waals surface area contributed by atoms with Crippen LogP contribution in [0.4, 0.5) is 4.79 Å². The van der Waals surface area contributed by atoms with Gasteiger partial charge < -0.3 is 10.2 Å². The average Bonchev–Trinajstić information content (AvgIpc) is 2.97. The molecular weight excluding hydrogens is 366 g/mol. The quantitative estimate of drug-likeness (QED) is 0.800. The second-order valence-electron chi connectivity index (χ2n) is 8.18. The minimum atomic E-state index is -0.916. The van der Waals surface area contributed by atoms with Gasteiger partial charge in [0.05, 0.1) is 0 Å². The molecule has 148 valence electrons. The van der Waals surface area contributed by atoms with Gasteiger partial charge in [0, 0.05) is 19.5 Å². The number of hydrogen-bond acceptors (Lipinski definition) is 3. The van der Waals surface area contributed by atoms with E-state index in [2.05, 4.69) is 17.4 Å². The lowest BCUT2D eigenvalue weighted by atomic mass is 9.78. The summed E-state index contributed by atoms with van der Waals surface area (Å²) in [6.45, 7) is 0.936. The molecule has 5 rings (SSSR count). The van der Waals surface area contributed by atoms with Crippen molar-refractivity contribution in [2.45, 2.75) is 37.8 Å². The van der Waals surface area contributed by atoms with E-state index in [1.807, 2.05) is 36.4 Å². The van der Waals surface area contributed by atoms with Crippen molar-refractivity contribution in [3.05, 3.63) is 70.8 Å². The zero-order chi connectivity index (χ0) is 20.0. The summed E-state index contributed by atoms with van der Waals surface area (Å²) in [6.07, 6.45) is 2.58. The fourth-order valence-electron chi connectivity index (χ4n) is 4.79. The molecule has 0 unspecified atom stereocenters. The lowest BCUT2D eigenvalue weighted by molar-refractivity contribution is -0.139. The Bertz CT molecular complexity index is 1020. The molecule has 6 heteroatoms. The van der Waals surface area contributed by atoms with E-state index < -0.39 is 11.6 Å². The number of fused-ring (bicyclic) bond motifs is 2. The standard InChI is InChI=1S/C23H23N3O3/c27-20(25-12-10-17-6-2-4-8-19(17)14-25)15-26-21(28)23(24-22(26)29)11-9-16-5-1-3-7-18(16)13-23/h1-8H,9-15H2,(H,24,29)/t23-/m1/s1. The molecule has 0 aromatic heterocycles. The van der Waals surface area contributed by atoms with Gasteiger partial charge in [-0.2, -0.15) is 0 Å². The van der Waals surface area contributed by atoms with Gasteiger partial charge >= 0.3 is 6.03 Å². The fourth-order valence-corrected chi connectivity index (χ4v) is 4.79. The molecule has 29 heavy (non-hydrogen) atoms. The number of imide groups is 1. The van der Waals surface area contributed by atoms with Crippen LogP contribution in [0.25, 0.3) is 0 Å². The van der Waals surface area contributed by atoms with E-state index in [-0.39, 0.29) is 18.4 Å². The summed E-state index contributed by atoms with van der Waals surface area (Å²) < 4.78 is 0. The number of carbonyl (C=O) groups is 3. The maximum atomic E-state index is 13.2. The molecule has 2 aromatic rings. The van der Waals surface area contributed by atoms with Crippen molar-refractivity contribution in [1.29, 1.82) is 0 Å². The highest BCUT2D eigenvalue weighted by atomic mass is 16.2. The maximum Gasteiger partial charge on any atom is 0.325 e. The second-order valence-corrected chi connectivity index (χ2v) is 8.18. The van der Waals surface area contributed by atoms with Crippen molar-refractivity contribution in [2.24, 2.45) is 0 Å². The Morgan fingerprint density at radius 1 is 0.931 bits per heavy atom. The number of nitrogens with one attached hydrogen (secondary N) is 1. The number of amides is 4. The summed E-state index contributed by atoms with van der Waals surface area (Å²) in [5.41, 5.74) is 3.78. The molecule has 0 saturated carbocycles. The molecule has 6 nitrogen and oxygen atoms in total. The molecule has 1 aliphatic carbocycles. The van der Waals surface area contributed by atoms with Crippen molar-refractivity contribution >= 4 is 17.8 Å². The van der Waals surface area contributed by atoms with Gasteiger partial charge in [0.1, 0.15) is 12.1 Å². The number of hydrogen-bond donors (Lipinski definition) is 1. The first kappa shape index (κ1) is 17.9. The highest BCUT2D eigenvalue weighted by Crippen LogP contribution is 2.33. The Morgan fingerprint density at radius 2 is 1.59 bits per heavy atom. The SMILES string of the molecule is O=C(CN1C(=O)N[C@@]2(CCc3ccccc3C2)C1=O)N1CCc2ccccc2C1. The van der Waals surface area contributed by atoms with Crippen LogP contribution in [0.15, 0.2) is 48.5 Å². The summed E-state index contributed by atoms with van der Waals surface area (Å²) in [5, 5.41) is 2.90. The maximum absolute atomic E-state index is 13.2. The number of nitrogens with zero attached hydrogens (tertiary/aromatic N) is 2. The third-order valence-electron chi connectivity index (χ3n) is 6.45. The molecule has 1 fully saturated rings. The van der Waals surface area contributed by atoms with Crippen molar-refractivity contribution in [3.63, 3.8) is 0 Å². The van der Waals surface area contributed by atoms with E-state index in [0.29, 0.717) is 25.9 Å². The lowest BCUT2D eigenvalue weighted by Crippen LogP contribution is -2.51. The first-order chi connectivity index (χ1) is 14.1. The summed E-state index contributed by atoms with van der Waals surface area (Å²) >= 11 is 0. The van der Waals surface area contributed by atoms with Gasteiger partial charge in [-0.3, -0.25) is 14.5 Å². The van der Waals surface area contributed by atoms with Crippen molar-refractivity contribution in [3.8, 4) is 0 Å². The van der Waals surface area contributed by atoms with E-state index in [1.54, 1.807) is 4.90 Å². The number of carbonyl (C=O) groups excluding carboxylic acids is 3. The van der Waals surface area contributed by atoms with Crippen molar-refractivity contribution in [1.82, 2.24) is 15.1 Å². The molecule has 3 aliphatic rings. The van der Waals surface area contributed by atoms with Crippen LogP contribution in [-0.2, 0) is 35.4 Å². The van der Waals surface area contributed by atoms with E-state index in [4.69, 9.17) is 0 Å². The van der Waals surface area contributed by atoms with E-state index in [1.165, 1.54) is 11.1 Å². The van der Waals surface area contributed by atoms with Gasteiger partial charge in [0.2, 0.25) is 5.91 Å². The molecule has 2 aliphatic heterocycles. The Balaban J connectivity index is 1.31. The highest BCUT2D eigenvalue weighted by molar-refractivity contribution is 6.09. The van der Waals surface area contributed by atoms with Crippen LogP contribution in [0.1, 0.15) is 28.7 Å². The average molecular weight is 389 g/mol. The molecule has 1 N–H and O–H groups in total. The summed E-state index contributed by atoms with van der Waals surface area (Å²) in [5.74, 6) is -0.459. The van der Waals surface area contributed by atoms with Crippen LogP contribution in [0.5, 0.6) is 0 Å². The molecule has 4 amide bonds. The van der Waals surface area contributed by atoms with Crippen LogP contribution in [0.2, 0.25) is 0 Å². The summed E-state index contributed by atoms with van der Waals surface area (Å²) in [4.78, 5) is 41.5. The van der Waals surface area contributed by atoms with Gasteiger partial charge in [0.25, 0.3) is 5.91 Å². The molecule has 2 aromatic carbocycles. The minimum Gasteiger partial charge on any atom is -0.336 e. The fraction of sp³-hybridized carbons (Fsp3) is 0.348. The molecular formula is C23H23N3O3. The third-order valence-corrected chi connectivity index (χ3v) is 6.45. The third kappa shape index (κ3) is 2.99. The molecule has 1 atom stereocenters. The van der Waals surface area contributed by atoms with Crippen LogP contribution < -0.4 is 5.32 Å². The highest BCUT2D eigenvalue weighted by Gasteiger charge is 2.52. The normalized spacial score (nSPS) is 23.0. The Morgan fingerprint density at radius 3 is 2.34 bits per heavy atom. The minimum absolute atomic E-state index is 0.184. The lowest BCUT2D eigenvalue weighted by Gasteiger charge is -2.32. The summed E-state index contributed by atoms with van der Waals surface area (Å²) in [7, 11) is 0. The van der Waals surface area contributed by atoms with Gasteiger partial charge in [-0.1, -0.05) is 48.5 Å². The second kappa shape index (κ2) is 6.72. The molecule has 1 saturated heterocycles. The van der Waals surface area contributed by atoms with E-state index in [9.17, 15) is 14.4 Å². The molecule has 1 spiro atoms. The first-order valence-corrected chi connectivity index (χ1v) is 10.1. The van der Waals surface area contributed by atoms with Crippen molar-refractivity contribution < 1.29 is 14.4 Å². The van der Waals surface area contributed by atoms with Crippen LogP contribution in [0.3, 0.4) is 0 Å². The zero-order valence-electron chi connectivity index (χ0n) is 16.2. The van der Waals surface area contributed by atoms with Crippen molar-refractivity contribution in [2.75, 3.05) is 13.1 Å². The monoisotopic (exact) mass is 389 g/mol. The van der Waals surface area contributed by atoms with Crippen LogP contribution in [-0.4, -0.2) is 46.3 Å². The molecule has 2 heterocycles. The largest absolute Gasteiger partial charge is 0.336 e. The topological polar surface area (TPSA) is 69.7 Å². The number of urea groups is 1. The van der Waals surface area contributed by atoms with Gasteiger partial charge in [-0.15, -0.1) is 0 Å². The smallest absolute Gasteiger partial charge is 0.325 e. The number of benzene rings is 2. The van der Waals surface area contributed by atoms with E-state index >= 15 is 0 Å². The first-order valence-electron chi connectivity index (χ1n) is 10.1. The molecule has 0 radical (unpaired) electrons. The van der Waals surface area contributed by atoms with Gasteiger partial charge in [-0.25, -0.2) is 4.79 Å². The molecule has 0 bridgehead atoms. The predicted molar refractivity (Wildman–Crippen MR) is 107 cm³/mol. The van der Waals surface area contributed by atoms with Crippen LogP contribution >= 0.6 is 0 Å². The van der Waals surface area contributed by atoms with E-state index in [0.717, 1.165) is 28.9 Å². The zero-order valence-corrected chi connectivity index (χ0v) is 16.2. The number of rotatable bonds is 2. The Kier molecular flexibility index (Phi) is 4.15. The van der Waals surface area contributed by atoms with Gasteiger partial charge in [0.15, 0.2) is 0 Å². The predicted octanol–water partition coefficient (Wildman–Crippen LogP) is 2.05. The number of aryl methyl sites for hydroxylation is 1. The Hall–Kier alpha value is -3.15. The Labute approximate surface area is 169 Å². The summed E-state index contributed by atoms with van der Waals surface area (Å²) in [6, 6.07) is 15.6.